The van der Waals surface area contributed by atoms with Gasteiger partial charge in [0.05, 0.1) is 4.90 Å². The molecule has 0 spiro atoms. The summed E-state index contributed by atoms with van der Waals surface area (Å²) in [6, 6.07) is 6.49. The van der Waals surface area contributed by atoms with Crippen molar-refractivity contribution in [2.45, 2.75) is 29.4 Å². The van der Waals surface area contributed by atoms with Crippen LogP contribution in [0, 0.1) is 0 Å². The molecular formula is C17H20F2N4O3S. The molecule has 2 aromatic rings. The summed E-state index contributed by atoms with van der Waals surface area (Å²) in [5.41, 5.74) is 1.29. The molecule has 1 aromatic carbocycles. The summed E-state index contributed by atoms with van der Waals surface area (Å²) >= 11 is 0. The second-order valence-electron chi connectivity index (χ2n) is 6.40. The van der Waals surface area contributed by atoms with Crippen molar-refractivity contribution < 1.29 is 22.0 Å². The number of rotatable bonds is 4. The minimum atomic E-state index is -4.70. The predicted molar refractivity (Wildman–Crippen MR) is 95.4 cm³/mol. The number of benzene rings is 1. The molecule has 2 amide bonds. The van der Waals surface area contributed by atoms with E-state index in [-0.39, 0.29) is 11.7 Å². The zero-order chi connectivity index (χ0) is 19.6. The van der Waals surface area contributed by atoms with Gasteiger partial charge >= 0.3 is 11.8 Å². The molecule has 0 bridgehead atoms. The molecule has 0 saturated carbocycles. The van der Waals surface area contributed by atoms with Crippen molar-refractivity contribution in [2.24, 2.45) is 7.05 Å². The van der Waals surface area contributed by atoms with Gasteiger partial charge in [-0.15, -0.1) is 0 Å². The summed E-state index contributed by atoms with van der Waals surface area (Å²) < 4.78 is 50.3. The predicted octanol–water partition coefficient (Wildman–Crippen LogP) is 2.83. The number of urea groups is 1. The molecular weight excluding hydrogens is 378 g/mol. The summed E-state index contributed by atoms with van der Waals surface area (Å²) in [5.74, 6) is -3.18. The first-order valence-electron chi connectivity index (χ1n) is 8.45. The van der Waals surface area contributed by atoms with Crippen LogP contribution in [-0.2, 0) is 16.9 Å². The maximum absolute atomic E-state index is 12.7. The number of amides is 2. The standard InChI is InChI=1S/C17H20F2N4O3S/c1-22-15(5-8-20-22)12-6-9-23(10-7-12)17(24)21-13-3-2-4-14(11-13)27(25,26)16(18)19/h2-5,8,11-12,16H,6-7,9-10H2,1H3,(H,21,24). The highest BCUT2D eigenvalue weighted by Gasteiger charge is 2.28. The fourth-order valence-electron chi connectivity index (χ4n) is 3.22. The number of anilines is 1. The SMILES string of the molecule is Cn1nccc1C1CCN(C(=O)Nc2cccc(S(=O)(=O)C(F)F)c2)CC1. The largest absolute Gasteiger partial charge is 0.341 e. The van der Waals surface area contributed by atoms with Gasteiger partial charge in [0.1, 0.15) is 0 Å². The Hall–Kier alpha value is -2.49. The van der Waals surface area contributed by atoms with Crippen molar-refractivity contribution >= 4 is 21.6 Å². The Labute approximate surface area is 155 Å². The highest BCUT2D eigenvalue weighted by molar-refractivity contribution is 7.91. The van der Waals surface area contributed by atoms with E-state index < -0.39 is 20.5 Å². The van der Waals surface area contributed by atoms with Gasteiger partial charge in [-0.1, -0.05) is 6.07 Å². The lowest BCUT2D eigenvalue weighted by Gasteiger charge is -2.32. The van der Waals surface area contributed by atoms with Crippen LogP contribution in [-0.4, -0.2) is 48.0 Å². The van der Waals surface area contributed by atoms with E-state index in [0.29, 0.717) is 19.0 Å². The minimum absolute atomic E-state index is 0.162. The highest BCUT2D eigenvalue weighted by Crippen LogP contribution is 2.28. The Kier molecular flexibility index (Phi) is 5.45. The zero-order valence-corrected chi connectivity index (χ0v) is 15.5. The number of carbonyl (C=O) groups excluding carboxylic acids is 1. The smallest absolute Gasteiger partial charge is 0.324 e. The number of aromatic nitrogens is 2. The molecule has 0 unspecified atom stereocenters. The van der Waals surface area contributed by atoms with Crippen LogP contribution in [0.3, 0.4) is 0 Å². The Balaban J connectivity index is 1.63. The van der Waals surface area contributed by atoms with Crippen LogP contribution < -0.4 is 5.32 Å². The number of alkyl halides is 2. The summed E-state index contributed by atoms with van der Waals surface area (Å²) in [4.78, 5) is 13.5. The third kappa shape index (κ3) is 4.10. The number of aryl methyl sites for hydroxylation is 1. The van der Waals surface area contributed by atoms with E-state index in [9.17, 15) is 22.0 Å². The van der Waals surface area contributed by atoms with Crippen molar-refractivity contribution in [3.8, 4) is 0 Å². The van der Waals surface area contributed by atoms with Gasteiger partial charge < -0.3 is 10.2 Å². The van der Waals surface area contributed by atoms with Crippen molar-refractivity contribution in [3.05, 3.63) is 42.2 Å². The average molecular weight is 398 g/mol. The number of hydrogen-bond acceptors (Lipinski definition) is 4. The Morgan fingerprint density at radius 1 is 1.26 bits per heavy atom. The van der Waals surface area contributed by atoms with Gasteiger partial charge in [-0.25, -0.2) is 13.2 Å². The molecule has 7 nitrogen and oxygen atoms in total. The van der Waals surface area contributed by atoms with Gasteiger partial charge in [0, 0.05) is 43.6 Å². The molecule has 27 heavy (non-hydrogen) atoms. The number of piperidine rings is 1. The quantitative estimate of drug-likeness (QED) is 0.858. The zero-order valence-electron chi connectivity index (χ0n) is 14.7. The Morgan fingerprint density at radius 3 is 2.56 bits per heavy atom. The van der Waals surface area contributed by atoms with E-state index in [1.807, 2.05) is 17.8 Å². The molecule has 1 fully saturated rings. The maximum atomic E-state index is 12.7. The Morgan fingerprint density at radius 2 is 1.96 bits per heavy atom. The van der Waals surface area contributed by atoms with Crippen LogP contribution in [0.15, 0.2) is 41.4 Å². The van der Waals surface area contributed by atoms with E-state index in [1.54, 1.807) is 11.1 Å². The van der Waals surface area contributed by atoms with Crippen LogP contribution in [0.2, 0.25) is 0 Å². The molecule has 0 atom stereocenters. The molecule has 10 heteroatoms. The number of hydrogen-bond donors (Lipinski definition) is 1. The first kappa shape index (κ1) is 19.3. The average Bonchev–Trinajstić information content (AvgIpc) is 3.08. The first-order chi connectivity index (χ1) is 12.8. The normalized spacial score (nSPS) is 15.9. The number of halogens is 2. The van der Waals surface area contributed by atoms with E-state index >= 15 is 0 Å². The van der Waals surface area contributed by atoms with E-state index in [0.717, 1.165) is 30.7 Å². The number of nitrogens with one attached hydrogen (secondary N) is 1. The number of carbonyl (C=O) groups is 1. The van der Waals surface area contributed by atoms with Crippen molar-refractivity contribution in [3.63, 3.8) is 0 Å². The van der Waals surface area contributed by atoms with Crippen molar-refractivity contribution in [1.29, 1.82) is 0 Å². The van der Waals surface area contributed by atoms with Crippen molar-refractivity contribution in [1.82, 2.24) is 14.7 Å². The van der Waals surface area contributed by atoms with E-state index in [1.165, 1.54) is 12.1 Å². The fraction of sp³-hybridized carbons (Fsp3) is 0.412. The minimum Gasteiger partial charge on any atom is -0.324 e. The number of likely N-dealkylation sites (tertiary alicyclic amines) is 1. The van der Waals surface area contributed by atoms with Crippen LogP contribution in [0.25, 0.3) is 0 Å². The molecule has 1 aliphatic rings. The molecule has 1 N–H and O–H groups in total. The third-order valence-corrected chi connectivity index (χ3v) is 6.09. The van der Waals surface area contributed by atoms with Crippen LogP contribution in [0.1, 0.15) is 24.5 Å². The van der Waals surface area contributed by atoms with Crippen LogP contribution in [0.4, 0.5) is 19.3 Å². The van der Waals surface area contributed by atoms with E-state index in [4.69, 9.17) is 0 Å². The highest BCUT2D eigenvalue weighted by atomic mass is 32.2. The van der Waals surface area contributed by atoms with Gasteiger partial charge in [0.15, 0.2) is 0 Å². The van der Waals surface area contributed by atoms with Gasteiger partial charge in [-0.05, 0) is 37.1 Å². The third-order valence-electron chi connectivity index (χ3n) is 4.71. The van der Waals surface area contributed by atoms with Gasteiger partial charge in [0.25, 0.3) is 0 Å². The van der Waals surface area contributed by atoms with Gasteiger partial charge in [0.2, 0.25) is 9.84 Å². The second-order valence-corrected chi connectivity index (χ2v) is 8.32. The molecule has 1 aromatic heterocycles. The van der Waals surface area contributed by atoms with Crippen LogP contribution >= 0.6 is 0 Å². The monoisotopic (exact) mass is 398 g/mol. The molecule has 1 aliphatic heterocycles. The Bertz CT molecular complexity index is 922. The lowest BCUT2D eigenvalue weighted by atomic mass is 9.93. The lowest BCUT2D eigenvalue weighted by Crippen LogP contribution is -2.40. The summed E-state index contributed by atoms with van der Waals surface area (Å²) in [5, 5.41) is 6.75. The maximum Gasteiger partial charge on any atom is 0.341 e. The van der Waals surface area contributed by atoms with Gasteiger partial charge in [-0.2, -0.15) is 13.9 Å². The molecule has 1 saturated heterocycles. The fourth-order valence-corrected chi connectivity index (χ4v) is 3.98. The number of nitrogens with zero attached hydrogens (tertiary/aromatic N) is 3. The lowest BCUT2D eigenvalue weighted by molar-refractivity contribution is 0.193. The molecule has 3 rings (SSSR count). The summed E-state index contributed by atoms with van der Waals surface area (Å²) in [6.45, 7) is 1.08. The van der Waals surface area contributed by atoms with E-state index in [2.05, 4.69) is 10.4 Å². The summed E-state index contributed by atoms with van der Waals surface area (Å²) in [6.07, 6.45) is 3.31. The number of sulfone groups is 1. The topological polar surface area (TPSA) is 84.3 Å². The molecule has 0 aliphatic carbocycles. The van der Waals surface area contributed by atoms with Gasteiger partial charge in [-0.3, -0.25) is 4.68 Å². The second kappa shape index (κ2) is 7.63. The van der Waals surface area contributed by atoms with Crippen LogP contribution in [0.5, 0.6) is 0 Å². The summed E-state index contributed by atoms with van der Waals surface area (Å²) in [7, 11) is -2.82. The van der Waals surface area contributed by atoms with Crippen molar-refractivity contribution in [2.75, 3.05) is 18.4 Å². The first-order valence-corrected chi connectivity index (χ1v) is 9.99. The molecule has 146 valence electrons. The molecule has 2 heterocycles. The molecule has 0 radical (unpaired) electrons.